The first kappa shape index (κ1) is 24.4. The molecule has 1 N–H and O–H groups in total. The van der Waals surface area contributed by atoms with E-state index < -0.39 is 34.4 Å². The summed E-state index contributed by atoms with van der Waals surface area (Å²) >= 11 is 0. The molecule has 9 heteroatoms. The molecular weight excluding hydrogens is 442 g/mol. The van der Waals surface area contributed by atoms with Crippen LogP contribution in [0.4, 0.5) is 0 Å². The third kappa shape index (κ3) is 5.08. The van der Waals surface area contributed by atoms with Gasteiger partial charge in [0.15, 0.2) is 0 Å². The molecule has 1 aliphatic rings. The fraction of sp³-hybridized carbons (Fsp3) is 0.375. The second-order valence-electron chi connectivity index (χ2n) is 8.41. The van der Waals surface area contributed by atoms with Crippen LogP contribution in [-0.2, 0) is 26.2 Å². The topological polar surface area (TPSA) is 104 Å². The molecule has 1 atom stereocenters. The molecule has 0 unspecified atom stereocenters. The lowest BCUT2D eigenvalue weighted by Crippen LogP contribution is -2.53. The highest BCUT2D eigenvalue weighted by atomic mass is 32.2. The molecule has 0 aliphatic carbocycles. The van der Waals surface area contributed by atoms with E-state index in [4.69, 9.17) is 0 Å². The summed E-state index contributed by atoms with van der Waals surface area (Å²) in [5, 5.41) is 2.83. The highest BCUT2D eigenvalue weighted by molar-refractivity contribution is 7.90. The van der Waals surface area contributed by atoms with Gasteiger partial charge in [-0.05, 0) is 44.9 Å². The summed E-state index contributed by atoms with van der Waals surface area (Å²) in [4.78, 5) is 40.4. The number of fused-ring (bicyclic) bond motifs is 1. The number of rotatable bonds is 8. The predicted molar refractivity (Wildman–Crippen MR) is 124 cm³/mol. The van der Waals surface area contributed by atoms with Crippen molar-refractivity contribution in [3.8, 4) is 0 Å². The Hall–Kier alpha value is -3.20. The van der Waals surface area contributed by atoms with Gasteiger partial charge in [0.1, 0.15) is 17.5 Å². The highest BCUT2D eigenvalue weighted by Crippen LogP contribution is 2.30. The number of carbonyl (C=O) groups excluding carboxylic acids is 3. The van der Waals surface area contributed by atoms with Crippen LogP contribution in [0.3, 0.4) is 0 Å². The standard InChI is InChI=1S/C24H29N3O5S/c1-5-20(23(29)25-16(2)3)26(14-18-10-8-9-17(4)13-18)22(28)15-27-24(30)19-11-6-7-12-21(19)33(27,31)32/h6-13,16,20H,5,14-15H2,1-4H3,(H,25,29)/t20-/m1/s1. The van der Waals surface area contributed by atoms with Crippen molar-refractivity contribution in [2.75, 3.05) is 6.54 Å². The predicted octanol–water partition coefficient (Wildman–Crippen LogP) is 2.47. The van der Waals surface area contributed by atoms with Crippen molar-refractivity contribution in [1.82, 2.24) is 14.5 Å². The van der Waals surface area contributed by atoms with Crippen molar-refractivity contribution < 1.29 is 22.8 Å². The maximum atomic E-state index is 13.5. The van der Waals surface area contributed by atoms with Crippen LogP contribution in [0.15, 0.2) is 53.4 Å². The molecule has 2 aromatic rings. The van der Waals surface area contributed by atoms with Crippen LogP contribution in [0.5, 0.6) is 0 Å². The van der Waals surface area contributed by atoms with E-state index in [9.17, 15) is 22.8 Å². The molecule has 0 saturated heterocycles. The Morgan fingerprint density at radius 3 is 2.39 bits per heavy atom. The Labute approximate surface area is 194 Å². The van der Waals surface area contributed by atoms with Crippen molar-refractivity contribution in [2.24, 2.45) is 0 Å². The first-order chi connectivity index (χ1) is 15.6. The van der Waals surface area contributed by atoms with E-state index in [1.54, 1.807) is 13.0 Å². The first-order valence-corrected chi connectivity index (χ1v) is 12.3. The summed E-state index contributed by atoms with van der Waals surface area (Å²) in [5.74, 6) is -1.69. The number of amides is 3. The van der Waals surface area contributed by atoms with Crippen molar-refractivity contribution in [2.45, 2.75) is 57.6 Å². The lowest BCUT2D eigenvalue weighted by molar-refractivity contribution is -0.141. The second-order valence-corrected chi connectivity index (χ2v) is 10.2. The van der Waals surface area contributed by atoms with Gasteiger partial charge in [-0.15, -0.1) is 0 Å². The van der Waals surface area contributed by atoms with Gasteiger partial charge in [-0.2, -0.15) is 0 Å². The molecule has 0 bridgehead atoms. The van der Waals surface area contributed by atoms with Gasteiger partial charge in [0.2, 0.25) is 11.8 Å². The SMILES string of the molecule is CC[C@H](C(=O)NC(C)C)N(Cc1cccc(C)c1)C(=O)CN1C(=O)c2ccccc2S1(=O)=O. The number of sulfonamides is 1. The number of hydrogen-bond acceptors (Lipinski definition) is 5. The Balaban J connectivity index is 1.93. The lowest BCUT2D eigenvalue weighted by atomic mass is 10.1. The molecular formula is C24H29N3O5S. The Morgan fingerprint density at radius 2 is 1.79 bits per heavy atom. The van der Waals surface area contributed by atoms with Crippen LogP contribution in [0.1, 0.15) is 48.7 Å². The van der Waals surface area contributed by atoms with Crippen LogP contribution in [0, 0.1) is 6.92 Å². The third-order valence-electron chi connectivity index (χ3n) is 5.44. The quantitative estimate of drug-likeness (QED) is 0.637. The molecule has 1 heterocycles. The van der Waals surface area contributed by atoms with Gasteiger partial charge in [-0.1, -0.05) is 48.9 Å². The zero-order chi connectivity index (χ0) is 24.3. The zero-order valence-corrected chi connectivity index (χ0v) is 20.1. The minimum atomic E-state index is -4.14. The molecule has 3 rings (SSSR count). The van der Waals surface area contributed by atoms with Crippen LogP contribution in [-0.4, -0.2) is 54.0 Å². The van der Waals surface area contributed by atoms with Crippen LogP contribution in [0.2, 0.25) is 0 Å². The molecule has 3 amide bonds. The molecule has 33 heavy (non-hydrogen) atoms. The van der Waals surface area contributed by atoms with E-state index in [1.807, 2.05) is 45.0 Å². The van der Waals surface area contributed by atoms with Crippen LogP contribution >= 0.6 is 0 Å². The average molecular weight is 472 g/mol. The maximum Gasteiger partial charge on any atom is 0.269 e. The van der Waals surface area contributed by atoms with E-state index in [2.05, 4.69) is 5.32 Å². The summed E-state index contributed by atoms with van der Waals surface area (Å²) in [6.07, 6.45) is 0.330. The molecule has 0 saturated carbocycles. The summed E-state index contributed by atoms with van der Waals surface area (Å²) in [6, 6.07) is 12.5. The van der Waals surface area contributed by atoms with E-state index in [0.717, 1.165) is 11.1 Å². The number of aryl methyl sites for hydroxylation is 1. The molecule has 2 aromatic carbocycles. The monoisotopic (exact) mass is 471 g/mol. The molecule has 0 radical (unpaired) electrons. The largest absolute Gasteiger partial charge is 0.352 e. The Bertz CT molecular complexity index is 1180. The normalized spacial score (nSPS) is 15.3. The molecule has 8 nitrogen and oxygen atoms in total. The first-order valence-electron chi connectivity index (χ1n) is 10.9. The lowest BCUT2D eigenvalue weighted by Gasteiger charge is -2.32. The highest BCUT2D eigenvalue weighted by Gasteiger charge is 2.43. The van der Waals surface area contributed by atoms with Gasteiger partial charge in [0, 0.05) is 12.6 Å². The van der Waals surface area contributed by atoms with Crippen molar-refractivity contribution in [3.05, 3.63) is 65.2 Å². The van der Waals surface area contributed by atoms with Gasteiger partial charge >= 0.3 is 0 Å². The minimum Gasteiger partial charge on any atom is -0.352 e. The van der Waals surface area contributed by atoms with Gasteiger partial charge in [-0.25, -0.2) is 12.7 Å². The molecule has 0 aromatic heterocycles. The molecule has 0 fully saturated rings. The van der Waals surface area contributed by atoms with Crippen molar-refractivity contribution >= 4 is 27.7 Å². The Kier molecular flexibility index (Phi) is 7.22. The number of nitrogens with one attached hydrogen (secondary N) is 1. The smallest absolute Gasteiger partial charge is 0.269 e. The second kappa shape index (κ2) is 9.74. The number of hydrogen-bond donors (Lipinski definition) is 1. The summed E-state index contributed by atoms with van der Waals surface area (Å²) in [6.45, 7) is 6.79. The fourth-order valence-corrected chi connectivity index (χ4v) is 5.43. The summed E-state index contributed by atoms with van der Waals surface area (Å²) in [5.41, 5.74) is 1.84. The number of nitrogens with zero attached hydrogens (tertiary/aromatic N) is 2. The van der Waals surface area contributed by atoms with Gasteiger partial charge in [-0.3, -0.25) is 14.4 Å². The third-order valence-corrected chi connectivity index (χ3v) is 7.23. The molecule has 0 spiro atoms. The van der Waals surface area contributed by atoms with E-state index in [0.29, 0.717) is 10.7 Å². The number of carbonyl (C=O) groups is 3. The summed E-state index contributed by atoms with van der Waals surface area (Å²) in [7, 11) is -4.14. The van der Waals surface area contributed by atoms with E-state index in [-0.39, 0.29) is 29.0 Å². The Morgan fingerprint density at radius 1 is 1.09 bits per heavy atom. The van der Waals surface area contributed by atoms with Gasteiger partial charge in [0.05, 0.1) is 5.56 Å². The van der Waals surface area contributed by atoms with Crippen LogP contribution < -0.4 is 5.32 Å². The van der Waals surface area contributed by atoms with Crippen LogP contribution in [0.25, 0.3) is 0 Å². The minimum absolute atomic E-state index is 0.0418. The summed E-state index contributed by atoms with van der Waals surface area (Å²) < 4.78 is 26.5. The molecule has 1 aliphatic heterocycles. The van der Waals surface area contributed by atoms with Crippen molar-refractivity contribution in [3.63, 3.8) is 0 Å². The fourth-order valence-electron chi connectivity index (χ4n) is 3.91. The van der Waals surface area contributed by atoms with Gasteiger partial charge < -0.3 is 10.2 Å². The number of benzene rings is 2. The zero-order valence-electron chi connectivity index (χ0n) is 19.2. The van der Waals surface area contributed by atoms with E-state index in [1.165, 1.54) is 23.1 Å². The average Bonchev–Trinajstić information content (AvgIpc) is 2.94. The maximum absolute atomic E-state index is 13.5. The van der Waals surface area contributed by atoms with E-state index >= 15 is 0 Å². The van der Waals surface area contributed by atoms with Crippen molar-refractivity contribution in [1.29, 1.82) is 0 Å². The molecule has 176 valence electrons. The van der Waals surface area contributed by atoms with Gasteiger partial charge in [0.25, 0.3) is 15.9 Å².